The summed E-state index contributed by atoms with van der Waals surface area (Å²) in [6.07, 6.45) is 6.02. The maximum atomic E-state index is 10.4. The lowest BCUT2D eigenvalue weighted by Gasteiger charge is -2.34. The van der Waals surface area contributed by atoms with Crippen molar-refractivity contribution in [2.75, 3.05) is 0 Å². The Morgan fingerprint density at radius 2 is 1.44 bits per heavy atom. The number of rotatable bonds is 4. The Morgan fingerprint density at radius 3 is 1.94 bits per heavy atom. The predicted molar refractivity (Wildman–Crippen MR) is 56.6 cm³/mol. The van der Waals surface area contributed by atoms with E-state index in [2.05, 4.69) is 20.0 Å². The number of carbonyl (C=O) groups excluding carboxylic acids is 4. The summed E-state index contributed by atoms with van der Waals surface area (Å²) in [4.78, 5) is 55.3. The van der Waals surface area contributed by atoms with Crippen LogP contribution in [-0.4, -0.2) is 42.1 Å². The van der Waals surface area contributed by atoms with E-state index in [9.17, 15) is 19.2 Å². The Kier molecular flexibility index (Phi) is 4.76. The van der Waals surface area contributed by atoms with Gasteiger partial charge in [-0.2, -0.15) is 15.0 Å². The minimum atomic E-state index is -1.58. The summed E-state index contributed by atoms with van der Waals surface area (Å²) in [5.74, 6) is 0. The van der Waals surface area contributed by atoms with Gasteiger partial charge in [-0.25, -0.2) is 24.2 Å². The molecule has 1 aliphatic rings. The Labute approximate surface area is 101 Å². The highest BCUT2D eigenvalue weighted by Gasteiger charge is 2.45. The molecular formula is C10H8N4O4. The van der Waals surface area contributed by atoms with Crippen LogP contribution in [-0.2, 0) is 19.2 Å². The van der Waals surface area contributed by atoms with Gasteiger partial charge in [0.15, 0.2) is 5.66 Å². The van der Waals surface area contributed by atoms with Crippen LogP contribution in [0.5, 0.6) is 0 Å². The van der Waals surface area contributed by atoms with Gasteiger partial charge in [0.05, 0.1) is 6.04 Å². The molecule has 8 heteroatoms. The zero-order valence-corrected chi connectivity index (χ0v) is 9.20. The predicted octanol–water partition coefficient (Wildman–Crippen LogP) is -0.0530. The number of isocyanates is 4. The molecule has 1 saturated carbocycles. The van der Waals surface area contributed by atoms with Crippen LogP contribution in [0.2, 0.25) is 0 Å². The highest BCUT2D eigenvalue weighted by atomic mass is 16.1. The zero-order chi connectivity index (χ0) is 13.4. The van der Waals surface area contributed by atoms with Gasteiger partial charge in [-0.05, 0) is 12.8 Å². The third-order valence-electron chi connectivity index (χ3n) is 2.77. The van der Waals surface area contributed by atoms with E-state index in [-0.39, 0.29) is 12.8 Å². The molecule has 0 amide bonds. The monoisotopic (exact) mass is 248 g/mol. The molecule has 1 rings (SSSR count). The van der Waals surface area contributed by atoms with Crippen molar-refractivity contribution in [1.29, 1.82) is 0 Å². The van der Waals surface area contributed by atoms with Crippen molar-refractivity contribution in [2.45, 2.75) is 37.0 Å². The Morgan fingerprint density at radius 1 is 0.833 bits per heavy atom. The van der Waals surface area contributed by atoms with E-state index >= 15 is 0 Å². The molecule has 0 spiro atoms. The highest BCUT2D eigenvalue weighted by Crippen LogP contribution is 2.36. The first kappa shape index (κ1) is 13.6. The number of hydrogen-bond donors (Lipinski definition) is 0. The zero-order valence-electron chi connectivity index (χ0n) is 9.20. The quantitative estimate of drug-likeness (QED) is 0.511. The molecule has 0 heterocycles. The van der Waals surface area contributed by atoms with Crippen molar-refractivity contribution in [3.8, 4) is 0 Å². The van der Waals surface area contributed by atoms with Crippen molar-refractivity contribution >= 4 is 24.3 Å². The molecule has 0 aromatic rings. The fourth-order valence-electron chi connectivity index (χ4n) is 2.01. The van der Waals surface area contributed by atoms with Crippen molar-refractivity contribution in [3.63, 3.8) is 0 Å². The summed E-state index contributed by atoms with van der Waals surface area (Å²) in [6.45, 7) is 0. The fraction of sp³-hybridized carbons (Fsp3) is 0.600. The van der Waals surface area contributed by atoms with Gasteiger partial charge >= 0.3 is 0 Å². The summed E-state index contributed by atoms with van der Waals surface area (Å²) >= 11 is 0. The molecule has 0 aliphatic heterocycles. The number of aliphatic imine (C=N–C) groups is 4. The molecule has 1 fully saturated rings. The van der Waals surface area contributed by atoms with E-state index in [0.29, 0.717) is 6.42 Å². The van der Waals surface area contributed by atoms with Crippen LogP contribution in [0.25, 0.3) is 0 Å². The summed E-state index contributed by atoms with van der Waals surface area (Å²) in [7, 11) is 0. The van der Waals surface area contributed by atoms with Gasteiger partial charge in [0.1, 0.15) is 6.04 Å². The molecule has 0 saturated heterocycles. The minimum Gasteiger partial charge on any atom is -0.211 e. The average molecular weight is 248 g/mol. The van der Waals surface area contributed by atoms with Gasteiger partial charge < -0.3 is 0 Å². The first-order valence-corrected chi connectivity index (χ1v) is 5.04. The molecule has 0 bridgehead atoms. The van der Waals surface area contributed by atoms with E-state index in [1.165, 1.54) is 24.3 Å². The Hall–Kier alpha value is -2.48. The van der Waals surface area contributed by atoms with Gasteiger partial charge in [0.25, 0.3) is 0 Å². The molecule has 0 aromatic heterocycles. The molecule has 92 valence electrons. The molecule has 0 N–H and O–H groups in total. The lowest BCUT2D eigenvalue weighted by Crippen LogP contribution is -2.44. The standard InChI is InChI=1S/C10H8N4O4/c15-4-11-8-1-2-9(12-5-16)10(3-8,13-6-17)14-7-18/h8-9H,1-3H2. The van der Waals surface area contributed by atoms with E-state index in [1.807, 2.05) is 0 Å². The number of hydrogen-bond acceptors (Lipinski definition) is 8. The number of nitrogens with zero attached hydrogens (tertiary/aromatic N) is 4. The summed E-state index contributed by atoms with van der Waals surface area (Å²) in [6, 6.07) is -1.30. The van der Waals surface area contributed by atoms with Crippen LogP contribution in [0.1, 0.15) is 19.3 Å². The van der Waals surface area contributed by atoms with Gasteiger partial charge in [-0.1, -0.05) is 0 Å². The highest BCUT2D eigenvalue weighted by molar-refractivity contribution is 5.42. The third-order valence-corrected chi connectivity index (χ3v) is 2.77. The molecule has 1 aliphatic carbocycles. The van der Waals surface area contributed by atoms with E-state index < -0.39 is 17.7 Å². The lowest BCUT2D eigenvalue weighted by molar-refractivity contribution is 0.243. The lowest BCUT2D eigenvalue weighted by atomic mass is 9.82. The minimum absolute atomic E-state index is 0.0113. The second-order valence-electron chi connectivity index (χ2n) is 3.68. The van der Waals surface area contributed by atoms with Crippen molar-refractivity contribution in [1.82, 2.24) is 0 Å². The second kappa shape index (κ2) is 6.30. The van der Waals surface area contributed by atoms with Crippen LogP contribution in [0.3, 0.4) is 0 Å². The molecule has 2 unspecified atom stereocenters. The third kappa shape index (κ3) is 2.80. The van der Waals surface area contributed by atoms with Crippen molar-refractivity contribution in [3.05, 3.63) is 0 Å². The first-order valence-electron chi connectivity index (χ1n) is 5.04. The van der Waals surface area contributed by atoms with E-state index in [4.69, 9.17) is 0 Å². The van der Waals surface area contributed by atoms with E-state index in [0.717, 1.165) is 0 Å². The molecular weight excluding hydrogens is 240 g/mol. The van der Waals surface area contributed by atoms with Crippen LogP contribution < -0.4 is 0 Å². The van der Waals surface area contributed by atoms with Gasteiger partial charge in [-0.15, -0.1) is 0 Å². The first-order chi connectivity index (χ1) is 8.72. The van der Waals surface area contributed by atoms with Crippen LogP contribution in [0.4, 0.5) is 0 Å². The van der Waals surface area contributed by atoms with Crippen LogP contribution in [0.15, 0.2) is 20.0 Å². The summed E-state index contributed by atoms with van der Waals surface area (Å²) in [5.41, 5.74) is -1.58. The maximum Gasteiger partial charge on any atom is 0.237 e. The summed E-state index contributed by atoms with van der Waals surface area (Å²) < 4.78 is 0. The van der Waals surface area contributed by atoms with Crippen molar-refractivity contribution < 1.29 is 19.2 Å². The Bertz CT molecular complexity index is 488. The molecule has 0 radical (unpaired) electrons. The van der Waals surface area contributed by atoms with Crippen LogP contribution in [0, 0.1) is 0 Å². The Balaban J connectivity index is 3.23. The molecule has 0 aromatic carbocycles. The fourth-order valence-corrected chi connectivity index (χ4v) is 2.01. The SMILES string of the molecule is O=C=NC1CCC(N=C=O)C(N=C=O)(N=C=O)C1. The van der Waals surface area contributed by atoms with Crippen molar-refractivity contribution in [2.24, 2.45) is 20.0 Å². The van der Waals surface area contributed by atoms with Gasteiger partial charge in [0.2, 0.25) is 24.3 Å². The summed E-state index contributed by atoms with van der Waals surface area (Å²) in [5, 5.41) is 0. The topological polar surface area (TPSA) is 118 Å². The molecule has 2 atom stereocenters. The molecule has 8 nitrogen and oxygen atoms in total. The van der Waals surface area contributed by atoms with E-state index in [1.54, 1.807) is 0 Å². The van der Waals surface area contributed by atoms with Gasteiger partial charge in [0, 0.05) is 6.42 Å². The molecule has 18 heavy (non-hydrogen) atoms. The normalized spacial score (nSPS) is 29.8. The average Bonchev–Trinajstić information content (AvgIpc) is 2.34. The van der Waals surface area contributed by atoms with Crippen LogP contribution >= 0.6 is 0 Å². The largest absolute Gasteiger partial charge is 0.237 e. The maximum absolute atomic E-state index is 10.4. The van der Waals surface area contributed by atoms with Gasteiger partial charge in [-0.3, -0.25) is 0 Å². The smallest absolute Gasteiger partial charge is 0.211 e. The second-order valence-corrected chi connectivity index (χ2v) is 3.68.